The Morgan fingerprint density at radius 1 is 1.05 bits per heavy atom. The van der Waals surface area contributed by atoms with E-state index in [1.165, 1.54) is 0 Å². The molecule has 3 rings (SSSR count). The Balaban J connectivity index is 1.77. The third kappa shape index (κ3) is 2.89. The molecule has 0 bridgehead atoms. The summed E-state index contributed by atoms with van der Waals surface area (Å²) in [5.41, 5.74) is 1.24. The highest BCUT2D eigenvalue weighted by Gasteiger charge is 2.13. The summed E-state index contributed by atoms with van der Waals surface area (Å²) < 4.78 is 5.52. The third-order valence-electron chi connectivity index (χ3n) is 3.09. The summed E-state index contributed by atoms with van der Waals surface area (Å²) in [5.74, 6) is 0.147. The number of benzene rings is 2. The summed E-state index contributed by atoms with van der Waals surface area (Å²) in [4.78, 5) is 12.2. The molecule has 2 aromatic carbocycles. The quantitative estimate of drug-likeness (QED) is 0.685. The van der Waals surface area contributed by atoms with Crippen LogP contribution >= 0.6 is 23.2 Å². The average molecular weight is 320 g/mol. The summed E-state index contributed by atoms with van der Waals surface area (Å²) >= 11 is 12.1. The molecule has 0 amide bonds. The van der Waals surface area contributed by atoms with Crippen LogP contribution < -0.4 is 5.32 Å². The van der Waals surface area contributed by atoms with Gasteiger partial charge in [0, 0.05) is 5.39 Å². The predicted molar refractivity (Wildman–Crippen MR) is 85.5 cm³/mol. The topological polar surface area (TPSA) is 42.2 Å². The molecule has 3 nitrogen and oxygen atoms in total. The van der Waals surface area contributed by atoms with Crippen LogP contribution in [0.25, 0.3) is 11.0 Å². The number of rotatable bonds is 4. The lowest BCUT2D eigenvalue weighted by Gasteiger charge is -2.08. The highest BCUT2D eigenvalue weighted by Crippen LogP contribution is 2.29. The largest absolute Gasteiger partial charge is 0.453 e. The smallest absolute Gasteiger partial charge is 0.216 e. The van der Waals surface area contributed by atoms with E-state index in [0.717, 1.165) is 5.39 Å². The summed E-state index contributed by atoms with van der Waals surface area (Å²) in [6.07, 6.45) is 0. The second-order valence-corrected chi connectivity index (χ2v) is 5.34. The van der Waals surface area contributed by atoms with E-state index in [-0.39, 0.29) is 12.3 Å². The molecule has 0 aliphatic rings. The fraction of sp³-hybridized carbons (Fsp3) is 0.0625. The molecule has 0 spiro atoms. The van der Waals surface area contributed by atoms with Crippen molar-refractivity contribution in [2.75, 3.05) is 11.9 Å². The Bertz CT molecular complexity index is 758. The third-order valence-corrected chi connectivity index (χ3v) is 3.72. The van der Waals surface area contributed by atoms with Crippen molar-refractivity contribution >= 4 is 45.6 Å². The van der Waals surface area contributed by atoms with Gasteiger partial charge in [-0.1, -0.05) is 47.5 Å². The van der Waals surface area contributed by atoms with E-state index in [1.54, 1.807) is 24.3 Å². The zero-order chi connectivity index (χ0) is 14.8. The van der Waals surface area contributed by atoms with Gasteiger partial charge in [-0.15, -0.1) is 0 Å². The molecule has 106 valence electrons. The van der Waals surface area contributed by atoms with E-state index in [0.29, 0.717) is 27.1 Å². The molecule has 0 aliphatic heterocycles. The number of hydrogen-bond donors (Lipinski definition) is 1. The van der Waals surface area contributed by atoms with Crippen molar-refractivity contribution in [3.8, 4) is 0 Å². The summed E-state index contributed by atoms with van der Waals surface area (Å²) in [6.45, 7) is 0.0588. The average Bonchev–Trinajstić information content (AvgIpc) is 2.90. The number of hydrogen-bond acceptors (Lipinski definition) is 3. The van der Waals surface area contributed by atoms with E-state index in [2.05, 4.69) is 5.32 Å². The minimum absolute atomic E-state index is 0.0588. The van der Waals surface area contributed by atoms with E-state index in [1.807, 2.05) is 24.3 Å². The maximum absolute atomic E-state index is 12.2. The summed E-state index contributed by atoms with van der Waals surface area (Å²) in [5, 5.41) is 4.79. The molecule has 0 atom stereocenters. The van der Waals surface area contributed by atoms with Gasteiger partial charge in [-0.25, -0.2) is 0 Å². The molecule has 3 aromatic rings. The molecule has 1 heterocycles. The Hall–Kier alpha value is -1.97. The fourth-order valence-electron chi connectivity index (χ4n) is 2.04. The van der Waals surface area contributed by atoms with Gasteiger partial charge in [0.1, 0.15) is 5.58 Å². The molecule has 5 heteroatoms. The molecule has 0 fully saturated rings. The predicted octanol–water partition coefficient (Wildman–Crippen LogP) is 5.03. The van der Waals surface area contributed by atoms with E-state index in [4.69, 9.17) is 27.6 Å². The zero-order valence-corrected chi connectivity index (χ0v) is 12.4. The van der Waals surface area contributed by atoms with Crippen LogP contribution in [0.3, 0.4) is 0 Å². The number of halogens is 2. The van der Waals surface area contributed by atoms with E-state index >= 15 is 0 Å². The number of carbonyl (C=O) groups excluding carboxylic acids is 1. The Morgan fingerprint density at radius 2 is 1.76 bits per heavy atom. The lowest BCUT2D eigenvalue weighted by atomic mass is 10.2. The van der Waals surface area contributed by atoms with Crippen LogP contribution in [0, 0.1) is 0 Å². The van der Waals surface area contributed by atoms with Gasteiger partial charge in [0.05, 0.1) is 22.3 Å². The van der Waals surface area contributed by atoms with Gasteiger partial charge in [-0.05, 0) is 24.3 Å². The van der Waals surface area contributed by atoms with Crippen molar-refractivity contribution in [3.05, 3.63) is 64.3 Å². The van der Waals surface area contributed by atoms with Crippen molar-refractivity contribution in [2.24, 2.45) is 0 Å². The Kier molecular flexibility index (Phi) is 3.86. The molecule has 0 aliphatic carbocycles. The molecule has 1 aromatic heterocycles. The number of para-hydroxylation sites is 2. The lowest BCUT2D eigenvalue weighted by Crippen LogP contribution is -2.13. The molecule has 0 radical (unpaired) electrons. The van der Waals surface area contributed by atoms with Crippen LogP contribution in [-0.2, 0) is 0 Å². The van der Waals surface area contributed by atoms with Gasteiger partial charge in [-0.3, -0.25) is 4.79 Å². The number of anilines is 1. The van der Waals surface area contributed by atoms with Crippen LogP contribution in [0.1, 0.15) is 10.6 Å². The first-order valence-electron chi connectivity index (χ1n) is 6.35. The monoisotopic (exact) mass is 319 g/mol. The second kappa shape index (κ2) is 5.80. The molecular weight excluding hydrogens is 309 g/mol. The maximum Gasteiger partial charge on any atom is 0.216 e. The van der Waals surface area contributed by atoms with Crippen molar-refractivity contribution in [3.63, 3.8) is 0 Å². The molecule has 0 saturated carbocycles. The molecule has 21 heavy (non-hydrogen) atoms. The van der Waals surface area contributed by atoms with Gasteiger partial charge < -0.3 is 9.73 Å². The van der Waals surface area contributed by atoms with Crippen molar-refractivity contribution in [2.45, 2.75) is 0 Å². The number of furan rings is 1. The highest BCUT2D eigenvalue weighted by atomic mass is 35.5. The summed E-state index contributed by atoms with van der Waals surface area (Å²) in [6, 6.07) is 14.4. The minimum Gasteiger partial charge on any atom is -0.453 e. The molecule has 1 N–H and O–H groups in total. The molecular formula is C16H11Cl2NO2. The Morgan fingerprint density at radius 3 is 2.48 bits per heavy atom. The van der Waals surface area contributed by atoms with Crippen LogP contribution in [0.15, 0.2) is 52.9 Å². The van der Waals surface area contributed by atoms with E-state index < -0.39 is 0 Å². The van der Waals surface area contributed by atoms with Crippen molar-refractivity contribution in [1.82, 2.24) is 0 Å². The van der Waals surface area contributed by atoms with Crippen LogP contribution in [0.2, 0.25) is 10.0 Å². The highest BCUT2D eigenvalue weighted by molar-refractivity contribution is 6.39. The molecule has 0 saturated heterocycles. The lowest BCUT2D eigenvalue weighted by molar-refractivity contribution is 0.0982. The van der Waals surface area contributed by atoms with Crippen LogP contribution in [0.5, 0.6) is 0 Å². The van der Waals surface area contributed by atoms with Crippen LogP contribution in [0.4, 0.5) is 5.69 Å². The number of carbonyl (C=O) groups is 1. The summed E-state index contributed by atoms with van der Waals surface area (Å²) in [7, 11) is 0. The zero-order valence-electron chi connectivity index (χ0n) is 10.9. The first-order valence-corrected chi connectivity index (χ1v) is 7.10. The van der Waals surface area contributed by atoms with Gasteiger partial charge in [0.15, 0.2) is 5.76 Å². The molecule has 0 unspecified atom stereocenters. The SMILES string of the molecule is O=C(CNc1c(Cl)cccc1Cl)c1cc2ccccc2o1. The van der Waals surface area contributed by atoms with Crippen molar-refractivity contribution in [1.29, 1.82) is 0 Å². The van der Waals surface area contributed by atoms with E-state index in [9.17, 15) is 4.79 Å². The van der Waals surface area contributed by atoms with Gasteiger partial charge >= 0.3 is 0 Å². The van der Waals surface area contributed by atoms with Gasteiger partial charge in [0.25, 0.3) is 0 Å². The normalized spacial score (nSPS) is 10.8. The Labute approximate surface area is 131 Å². The first kappa shape index (κ1) is 14.0. The standard InChI is InChI=1S/C16H11Cl2NO2/c17-11-5-3-6-12(18)16(11)19-9-13(20)15-8-10-4-1-2-7-14(10)21-15/h1-8,19H,9H2. The minimum atomic E-state index is -0.165. The number of fused-ring (bicyclic) bond motifs is 1. The van der Waals surface area contributed by atoms with Crippen LogP contribution in [-0.4, -0.2) is 12.3 Å². The number of ketones is 1. The number of nitrogens with one attached hydrogen (secondary N) is 1. The first-order chi connectivity index (χ1) is 10.1. The maximum atomic E-state index is 12.2. The fourth-order valence-corrected chi connectivity index (χ4v) is 2.57. The second-order valence-electron chi connectivity index (χ2n) is 4.52. The van der Waals surface area contributed by atoms with Gasteiger partial charge in [-0.2, -0.15) is 0 Å². The number of Topliss-reactive ketones (excluding diaryl/α,β-unsaturated/α-hetero) is 1. The van der Waals surface area contributed by atoms with Crippen molar-refractivity contribution < 1.29 is 9.21 Å². The van der Waals surface area contributed by atoms with Gasteiger partial charge in [0.2, 0.25) is 5.78 Å².